The van der Waals surface area contributed by atoms with Crippen LogP contribution in [0, 0.1) is 5.82 Å². The van der Waals surface area contributed by atoms with E-state index in [1.54, 1.807) is 24.3 Å². The number of carbonyl (C=O) groups excluding carboxylic acids is 1. The summed E-state index contributed by atoms with van der Waals surface area (Å²) in [6, 6.07) is 8.50. The van der Waals surface area contributed by atoms with Crippen molar-refractivity contribution in [1.82, 2.24) is 0 Å². The monoisotopic (exact) mass is 445 g/mol. The highest BCUT2D eigenvalue weighted by molar-refractivity contribution is 6.40. The Kier molecular flexibility index (Phi) is 5.13. The van der Waals surface area contributed by atoms with Gasteiger partial charge in [-0.05, 0) is 42.8 Å². The van der Waals surface area contributed by atoms with E-state index in [1.807, 2.05) is 0 Å². The van der Waals surface area contributed by atoms with Gasteiger partial charge in [-0.2, -0.15) is 0 Å². The summed E-state index contributed by atoms with van der Waals surface area (Å²) >= 11 is 12.4. The summed E-state index contributed by atoms with van der Waals surface area (Å²) in [7, 11) is 0. The Morgan fingerprint density at radius 3 is 2.47 bits per heavy atom. The number of nitrogens with zero attached hydrogens (tertiary/aromatic N) is 1. The largest absolute Gasteiger partial charge is 0.507 e. The Balaban J connectivity index is 1.84. The predicted molar refractivity (Wildman–Crippen MR) is 113 cm³/mol. The average molecular weight is 446 g/mol. The normalized spacial score (nSPS) is 19.6. The molecule has 0 saturated heterocycles. The number of benzene rings is 2. The molecule has 1 amide bonds. The first-order chi connectivity index (χ1) is 14.3. The van der Waals surface area contributed by atoms with Crippen LogP contribution in [0.4, 0.5) is 10.1 Å². The second kappa shape index (κ2) is 7.63. The van der Waals surface area contributed by atoms with Crippen LogP contribution >= 0.6 is 23.2 Å². The zero-order valence-corrected chi connectivity index (χ0v) is 16.8. The van der Waals surface area contributed by atoms with Crippen LogP contribution in [0.25, 0.3) is 11.6 Å². The predicted octanol–water partition coefficient (Wildman–Crippen LogP) is 5.24. The van der Waals surface area contributed by atoms with Crippen molar-refractivity contribution in [1.29, 1.82) is 0 Å². The molecule has 30 heavy (non-hydrogen) atoms. The maximum Gasteiger partial charge on any atom is 0.339 e. The van der Waals surface area contributed by atoms with E-state index in [4.69, 9.17) is 28.3 Å². The average Bonchev–Trinajstić information content (AvgIpc) is 2.97. The lowest BCUT2D eigenvalue weighted by molar-refractivity contribution is -0.132. The van der Waals surface area contributed by atoms with Crippen LogP contribution in [0.2, 0.25) is 10.0 Å². The highest BCUT2D eigenvalue weighted by Gasteiger charge is 2.39. The Morgan fingerprint density at radius 2 is 1.83 bits per heavy atom. The molecule has 2 aromatic carbocycles. The molecule has 8 heteroatoms. The lowest BCUT2D eigenvalue weighted by Gasteiger charge is -2.27. The van der Waals surface area contributed by atoms with Gasteiger partial charge in [0.1, 0.15) is 11.6 Å². The summed E-state index contributed by atoms with van der Waals surface area (Å²) in [4.78, 5) is 25.8. The van der Waals surface area contributed by atoms with E-state index < -0.39 is 29.5 Å². The molecule has 1 heterocycles. The van der Waals surface area contributed by atoms with Gasteiger partial charge >= 0.3 is 5.97 Å². The topological polar surface area (TPSA) is 77.8 Å². The molecule has 1 atom stereocenters. The summed E-state index contributed by atoms with van der Waals surface area (Å²) < 4.78 is 14.8. The van der Waals surface area contributed by atoms with E-state index in [-0.39, 0.29) is 23.1 Å². The number of halogens is 3. The number of fused-ring (bicyclic) bond motifs is 1. The molecule has 0 saturated carbocycles. The summed E-state index contributed by atoms with van der Waals surface area (Å²) in [5, 5.41) is 19.8. The molecule has 1 unspecified atom stereocenters. The van der Waals surface area contributed by atoms with Gasteiger partial charge in [0.05, 0.1) is 22.9 Å². The molecule has 0 aromatic heterocycles. The van der Waals surface area contributed by atoms with Crippen LogP contribution in [-0.2, 0) is 9.59 Å². The number of hydrogen-bond donors (Lipinski definition) is 2. The van der Waals surface area contributed by atoms with Gasteiger partial charge in [-0.25, -0.2) is 9.18 Å². The first-order valence-corrected chi connectivity index (χ1v) is 9.68. The summed E-state index contributed by atoms with van der Waals surface area (Å²) in [5.74, 6) is -2.82. The van der Waals surface area contributed by atoms with E-state index in [2.05, 4.69) is 0 Å². The van der Waals surface area contributed by atoms with E-state index in [0.29, 0.717) is 21.3 Å². The van der Waals surface area contributed by atoms with Gasteiger partial charge in [0, 0.05) is 21.2 Å². The number of aliphatic hydroxyl groups is 1. The highest BCUT2D eigenvalue weighted by Crippen LogP contribution is 2.43. The van der Waals surface area contributed by atoms with Crippen LogP contribution in [-0.4, -0.2) is 28.1 Å². The van der Waals surface area contributed by atoms with Gasteiger partial charge in [0.25, 0.3) is 5.91 Å². The molecule has 5 nitrogen and oxygen atoms in total. The number of carboxylic acids is 1. The molecule has 2 aliphatic rings. The first kappa shape index (κ1) is 20.2. The quantitative estimate of drug-likeness (QED) is 0.632. The third kappa shape index (κ3) is 3.28. The first-order valence-electron chi connectivity index (χ1n) is 8.92. The second-order valence-corrected chi connectivity index (χ2v) is 7.59. The Bertz CT molecular complexity index is 1170. The fourth-order valence-corrected chi connectivity index (χ4v) is 4.15. The van der Waals surface area contributed by atoms with Crippen LogP contribution in [0.3, 0.4) is 0 Å². The molecule has 152 valence electrons. The third-order valence-corrected chi connectivity index (χ3v) is 5.67. The number of amides is 1. The van der Waals surface area contributed by atoms with E-state index in [1.165, 1.54) is 35.3 Å². The standard InChI is InChI=1S/C22H14Cl2FNO4/c23-15-3-1-4-16(24)13(15)10-14-20-17(25)5-2-6-18(20)26(21(14)28)11-7-8-12(22(29)30)19(27)9-11/h1-6,8-11,27H,7H2,(H,29,30)/b14-10+. The Hall–Kier alpha value is -3.09. The number of anilines is 1. The van der Waals surface area contributed by atoms with Crippen LogP contribution < -0.4 is 4.90 Å². The van der Waals surface area contributed by atoms with Crippen LogP contribution in [0.15, 0.2) is 59.9 Å². The Labute approximate surface area is 181 Å². The van der Waals surface area contributed by atoms with Crippen molar-refractivity contribution in [3.05, 3.63) is 86.9 Å². The molecule has 2 N–H and O–H groups in total. The van der Waals surface area contributed by atoms with Crippen molar-refractivity contribution < 1.29 is 24.2 Å². The minimum atomic E-state index is -1.27. The molecular formula is C22H14Cl2FNO4. The maximum atomic E-state index is 14.8. The molecule has 4 rings (SSSR count). The van der Waals surface area contributed by atoms with Crippen molar-refractivity contribution in [2.45, 2.75) is 12.5 Å². The van der Waals surface area contributed by atoms with Gasteiger partial charge < -0.3 is 15.1 Å². The van der Waals surface area contributed by atoms with E-state index in [0.717, 1.165) is 0 Å². The molecule has 0 spiro atoms. The molecular weight excluding hydrogens is 432 g/mol. The number of carboxylic acid groups (broad SMARTS) is 1. The number of aliphatic carboxylic acids is 1. The number of aliphatic hydroxyl groups excluding tert-OH is 1. The minimum Gasteiger partial charge on any atom is -0.507 e. The molecule has 0 radical (unpaired) electrons. The molecule has 2 aromatic rings. The zero-order chi connectivity index (χ0) is 21.6. The molecule has 1 aliphatic heterocycles. The second-order valence-electron chi connectivity index (χ2n) is 6.78. The van der Waals surface area contributed by atoms with Gasteiger partial charge in [-0.3, -0.25) is 4.79 Å². The van der Waals surface area contributed by atoms with Gasteiger partial charge in [-0.15, -0.1) is 0 Å². The van der Waals surface area contributed by atoms with Crippen molar-refractivity contribution in [2.24, 2.45) is 0 Å². The fourth-order valence-electron chi connectivity index (χ4n) is 3.64. The van der Waals surface area contributed by atoms with Gasteiger partial charge in [-0.1, -0.05) is 41.4 Å². The fraction of sp³-hybridized carbons (Fsp3) is 0.0909. The SMILES string of the molecule is O=C(O)C1=CCC(N2C(=O)/C(=C/c3c(Cl)cccc3Cl)c3c(F)cccc32)C=C1O. The third-order valence-electron chi connectivity index (χ3n) is 5.01. The summed E-state index contributed by atoms with van der Waals surface area (Å²) in [6.07, 6.45) is 4.20. The minimum absolute atomic E-state index is 0.0685. The summed E-state index contributed by atoms with van der Waals surface area (Å²) in [5.41, 5.74) is 0.625. The van der Waals surface area contributed by atoms with E-state index >= 15 is 0 Å². The van der Waals surface area contributed by atoms with Crippen molar-refractivity contribution in [3.63, 3.8) is 0 Å². The lowest BCUT2D eigenvalue weighted by Crippen LogP contribution is -2.37. The van der Waals surface area contributed by atoms with Crippen molar-refractivity contribution >= 4 is 52.4 Å². The van der Waals surface area contributed by atoms with E-state index in [9.17, 15) is 19.1 Å². The molecule has 0 bridgehead atoms. The number of hydrogen-bond acceptors (Lipinski definition) is 3. The number of carbonyl (C=O) groups is 2. The Morgan fingerprint density at radius 1 is 1.17 bits per heavy atom. The lowest BCUT2D eigenvalue weighted by atomic mass is 9.99. The van der Waals surface area contributed by atoms with Crippen LogP contribution in [0.1, 0.15) is 17.5 Å². The van der Waals surface area contributed by atoms with Gasteiger partial charge in [0.15, 0.2) is 0 Å². The van der Waals surface area contributed by atoms with Crippen molar-refractivity contribution in [2.75, 3.05) is 4.90 Å². The molecule has 1 aliphatic carbocycles. The molecule has 0 fully saturated rings. The summed E-state index contributed by atoms with van der Waals surface area (Å²) in [6.45, 7) is 0. The smallest absolute Gasteiger partial charge is 0.339 e. The number of rotatable bonds is 3. The van der Waals surface area contributed by atoms with Gasteiger partial charge in [0.2, 0.25) is 0 Å². The van der Waals surface area contributed by atoms with Crippen molar-refractivity contribution in [3.8, 4) is 0 Å². The maximum absolute atomic E-state index is 14.8. The zero-order valence-electron chi connectivity index (χ0n) is 15.3. The highest BCUT2D eigenvalue weighted by atomic mass is 35.5. The van der Waals surface area contributed by atoms with Crippen LogP contribution in [0.5, 0.6) is 0 Å².